The molecular formula is C69H46N4. The van der Waals surface area contributed by atoms with Crippen LogP contribution in [-0.2, 0) is 0 Å². The molecule has 0 radical (unpaired) electrons. The fraction of sp³-hybridized carbons (Fsp3) is 0. The topological polar surface area (TPSA) is 43.6 Å². The summed E-state index contributed by atoms with van der Waals surface area (Å²) < 4.78 is 2.55. The molecule has 13 rings (SSSR count). The van der Waals surface area contributed by atoms with E-state index >= 15 is 0 Å². The molecule has 0 unspecified atom stereocenters. The number of rotatable bonds is 10. The first-order chi connectivity index (χ1) is 36.2. The van der Waals surface area contributed by atoms with Gasteiger partial charge in [-0.2, -0.15) is 0 Å². The van der Waals surface area contributed by atoms with E-state index in [-0.39, 0.29) is 0 Å². The van der Waals surface area contributed by atoms with Crippen molar-refractivity contribution in [1.29, 1.82) is 0 Å². The lowest BCUT2D eigenvalue weighted by atomic mass is 9.92. The van der Waals surface area contributed by atoms with Crippen molar-refractivity contribution in [1.82, 2.24) is 19.5 Å². The first kappa shape index (κ1) is 43.3. The van der Waals surface area contributed by atoms with Crippen molar-refractivity contribution in [3.63, 3.8) is 0 Å². The van der Waals surface area contributed by atoms with Crippen LogP contribution in [0, 0.1) is 0 Å². The van der Waals surface area contributed by atoms with Crippen LogP contribution in [0.25, 0.3) is 128 Å². The van der Waals surface area contributed by atoms with E-state index in [1.807, 2.05) is 12.1 Å². The molecule has 0 atom stereocenters. The van der Waals surface area contributed by atoms with Gasteiger partial charge in [0.05, 0.1) is 16.7 Å². The molecule has 0 saturated heterocycles. The Kier molecular flexibility index (Phi) is 11.2. The molecule has 0 bridgehead atoms. The summed E-state index contributed by atoms with van der Waals surface area (Å²) in [6, 6.07) is 99.2. The summed E-state index contributed by atoms with van der Waals surface area (Å²) in [5.41, 5.74) is 19.4. The zero-order valence-electron chi connectivity index (χ0n) is 39.8. The SMILES string of the molecule is c1ccc(-c2ccc(-c3nc(-c4ccc(-c5ccccc5)cc4)nc(-c4cc(-c5ccccc5)c(-n5c6c(-c7ccccc7)cccc6c6cccc(-c7ccccc7)c65)c(-c5ccccc5)c4)n3)cc2)cc1. The van der Waals surface area contributed by atoms with Crippen molar-refractivity contribution in [3.05, 3.63) is 279 Å². The maximum Gasteiger partial charge on any atom is 0.164 e. The van der Waals surface area contributed by atoms with Gasteiger partial charge < -0.3 is 4.57 Å². The van der Waals surface area contributed by atoms with E-state index in [0.29, 0.717) is 17.5 Å². The van der Waals surface area contributed by atoms with Gasteiger partial charge in [0.1, 0.15) is 0 Å². The zero-order valence-corrected chi connectivity index (χ0v) is 39.8. The average Bonchev–Trinajstić information content (AvgIpc) is 3.83. The third-order valence-corrected chi connectivity index (χ3v) is 13.9. The van der Waals surface area contributed by atoms with Gasteiger partial charge in [-0.05, 0) is 56.6 Å². The van der Waals surface area contributed by atoms with E-state index in [1.165, 1.54) is 10.8 Å². The molecule has 73 heavy (non-hydrogen) atoms. The van der Waals surface area contributed by atoms with Crippen LogP contribution in [-0.4, -0.2) is 19.5 Å². The number of hydrogen-bond acceptors (Lipinski definition) is 3. The summed E-state index contributed by atoms with van der Waals surface area (Å²) in [5.74, 6) is 1.78. The van der Waals surface area contributed by atoms with Crippen LogP contribution in [0.15, 0.2) is 279 Å². The highest BCUT2D eigenvalue weighted by Crippen LogP contribution is 2.48. The summed E-state index contributed by atoms with van der Waals surface area (Å²) in [7, 11) is 0. The predicted molar refractivity (Wildman–Crippen MR) is 303 cm³/mol. The number of hydrogen-bond donors (Lipinski definition) is 0. The van der Waals surface area contributed by atoms with Crippen molar-refractivity contribution in [3.8, 4) is 107 Å². The van der Waals surface area contributed by atoms with Crippen molar-refractivity contribution in [2.75, 3.05) is 0 Å². The molecule has 0 aliphatic rings. The number of nitrogens with zero attached hydrogens (tertiary/aromatic N) is 4. The molecule has 0 saturated carbocycles. The molecule has 2 aromatic heterocycles. The van der Waals surface area contributed by atoms with Crippen molar-refractivity contribution < 1.29 is 0 Å². The quantitative estimate of drug-likeness (QED) is 0.137. The van der Waals surface area contributed by atoms with Gasteiger partial charge in [-0.25, -0.2) is 15.0 Å². The predicted octanol–water partition coefficient (Wildman–Crippen LogP) is 18.0. The monoisotopic (exact) mass is 930 g/mol. The molecule has 342 valence electrons. The molecule has 4 nitrogen and oxygen atoms in total. The van der Waals surface area contributed by atoms with E-state index in [2.05, 4.69) is 271 Å². The van der Waals surface area contributed by atoms with Crippen LogP contribution in [0.1, 0.15) is 0 Å². The number of benzene rings is 11. The maximum absolute atomic E-state index is 5.41. The van der Waals surface area contributed by atoms with Gasteiger partial charge in [0, 0.05) is 49.7 Å². The number of fused-ring (bicyclic) bond motifs is 3. The maximum atomic E-state index is 5.41. The molecule has 11 aromatic carbocycles. The Bertz CT molecular complexity index is 3800. The second-order valence-corrected chi connectivity index (χ2v) is 18.3. The first-order valence-corrected chi connectivity index (χ1v) is 24.8. The van der Waals surface area contributed by atoms with E-state index in [9.17, 15) is 0 Å². The molecule has 0 fully saturated rings. The van der Waals surface area contributed by atoms with Gasteiger partial charge >= 0.3 is 0 Å². The minimum Gasteiger partial charge on any atom is -0.307 e. The van der Waals surface area contributed by atoms with Crippen molar-refractivity contribution in [2.24, 2.45) is 0 Å². The molecule has 2 heterocycles. The van der Waals surface area contributed by atoms with Crippen LogP contribution in [0.2, 0.25) is 0 Å². The second-order valence-electron chi connectivity index (χ2n) is 18.3. The second kappa shape index (κ2) is 18.9. The Morgan fingerprint density at radius 1 is 0.205 bits per heavy atom. The van der Waals surface area contributed by atoms with Crippen molar-refractivity contribution in [2.45, 2.75) is 0 Å². The normalized spacial score (nSPS) is 11.3. The molecule has 0 amide bonds. The smallest absolute Gasteiger partial charge is 0.164 e. The van der Waals surface area contributed by atoms with E-state index in [1.54, 1.807) is 0 Å². The fourth-order valence-corrected chi connectivity index (χ4v) is 10.4. The van der Waals surface area contributed by atoms with Gasteiger partial charge in [-0.3, -0.25) is 0 Å². The van der Waals surface area contributed by atoms with Gasteiger partial charge in [0.2, 0.25) is 0 Å². The molecule has 0 N–H and O–H groups in total. The number of aromatic nitrogens is 4. The van der Waals surface area contributed by atoms with E-state index < -0.39 is 0 Å². The lowest BCUT2D eigenvalue weighted by molar-refractivity contribution is 1.07. The Balaban J connectivity index is 1.11. The van der Waals surface area contributed by atoms with Gasteiger partial charge in [-0.1, -0.05) is 267 Å². The van der Waals surface area contributed by atoms with Gasteiger partial charge in [0.15, 0.2) is 17.5 Å². The Morgan fingerprint density at radius 2 is 0.479 bits per heavy atom. The Hall–Kier alpha value is -9.77. The van der Waals surface area contributed by atoms with Crippen molar-refractivity contribution >= 4 is 21.8 Å². The molecule has 0 spiro atoms. The summed E-state index contributed by atoms with van der Waals surface area (Å²) in [6.07, 6.45) is 0. The molecule has 13 aromatic rings. The number of para-hydroxylation sites is 2. The van der Waals surface area contributed by atoms with E-state index in [4.69, 9.17) is 15.0 Å². The average molecular weight is 931 g/mol. The highest BCUT2D eigenvalue weighted by atomic mass is 15.0. The molecule has 0 aliphatic heterocycles. The minimum atomic E-state index is 0.581. The zero-order chi connectivity index (χ0) is 48.5. The highest BCUT2D eigenvalue weighted by molar-refractivity contribution is 6.18. The minimum absolute atomic E-state index is 0.581. The summed E-state index contributed by atoms with van der Waals surface area (Å²) in [4.78, 5) is 16.1. The third kappa shape index (κ3) is 8.17. The largest absolute Gasteiger partial charge is 0.307 e. The standard InChI is InChI=1S/C69H46N4/c1-7-21-47(22-8-1)49-37-41-55(42-38-49)67-70-68(56-43-39-50(40-44-56)48-23-9-2-10-24-48)72-69(71-67)57-45-62(53-29-15-5-16-30-53)66(63(46-57)54-31-17-6-18-32-54)73-64-58(51-25-11-3-12-26-51)33-19-35-60(64)61-36-20-34-59(65(61)73)52-27-13-4-14-28-52/h1-46H. The van der Waals surface area contributed by atoms with Crippen LogP contribution in [0.4, 0.5) is 0 Å². The highest BCUT2D eigenvalue weighted by Gasteiger charge is 2.26. The van der Waals surface area contributed by atoms with Crippen LogP contribution >= 0.6 is 0 Å². The first-order valence-electron chi connectivity index (χ1n) is 24.8. The Labute approximate surface area is 424 Å². The Morgan fingerprint density at radius 3 is 0.822 bits per heavy atom. The summed E-state index contributed by atoms with van der Waals surface area (Å²) in [6.45, 7) is 0. The lowest BCUT2D eigenvalue weighted by Crippen LogP contribution is -2.05. The lowest BCUT2D eigenvalue weighted by Gasteiger charge is -2.22. The van der Waals surface area contributed by atoms with Gasteiger partial charge in [-0.15, -0.1) is 0 Å². The summed E-state index contributed by atoms with van der Waals surface area (Å²) in [5, 5.41) is 2.36. The summed E-state index contributed by atoms with van der Waals surface area (Å²) >= 11 is 0. The van der Waals surface area contributed by atoms with Crippen LogP contribution in [0.3, 0.4) is 0 Å². The van der Waals surface area contributed by atoms with E-state index in [0.717, 1.165) is 100 Å². The van der Waals surface area contributed by atoms with Gasteiger partial charge in [0.25, 0.3) is 0 Å². The van der Waals surface area contributed by atoms with Crippen LogP contribution in [0.5, 0.6) is 0 Å². The molecular weight excluding hydrogens is 885 g/mol. The van der Waals surface area contributed by atoms with Crippen LogP contribution < -0.4 is 0 Å². The third-order valence-electron chi connectivity index (χ3n) is 13.9. The molecule has 4 heteroatoms. The fourth-order valence-electron chi connectivity index (χ4n) is 10.4. The molecule has 0 aliphatic carbocycles.